The normalized spacial score (nSPS) is 16.8. The molecule has 10 heavy (non-hydrogen) atoms. The molecule has 0 saturated carbocycles. The lowest BCUT2D eigenvalue weighted by molar-refractivity contribution is 0.213. The number of hydrogen-bond acceptors (Lipinski definition) is 6. The highest BCUT2D eigenvalue weighted by Gasteiger charge is 2.10. The van der Waals surface area contributed by atoms with Crippen molar-refractivity contribution in [3.05, 3.63) is 0 Å². The quantitative estimate of drug-likeness (QED) is 0.540. The fraction of sp³-hybridized carbons (Fsp3) is 1.00. The summed E-state index contributed by atoms with van der Waals surface area (Å²) in [4.78, 5) is 0. The zero-order chi connectivity index (χ0) is 8.20. The van der Waals surface area contributed by atoms with E-state index in [2.05, 4.69) is 4.18 Å². The summed E-state index contributed by atoms with van der Waals surface area (Å²) in [5.41, 5.74) is 0. The molecule has 6 nitrogen and oxygen atoms in total. The molecule has 0 amide bonds. The summed E-state index contributed by atoms with van der Waals surface area (Å²) in [5.74, 6) is -0.379. The van der Waals surface area contributed by atoms with Gasteiger partial charge in [-0.25, -0.2) is 0 Å². The number of rotatable bonds is 4. The van der Waals surface area contributed by atoms with Crippen LogP contribution in [-0.2, 0) is 15.3 Å². The molecule has 0 spiro atoms. The van der Waals surface area contributed by atoms with Crippen molar-refractivity contribution < 1.29 is 26.6 Å². The van der Waals surface area contributed by atoms with Crippen LogP contribution in [0.3, 0.4) is 0 Å². The summed E-state index contributed by atoms with van der Waals surface area (Å²) in [6.07, 6.45) is 0. The Morgan fingerprint density at radius 1 is 1.50 bits per heavy atom. The lowest BCUT2D eigenvalue weighted by Gasteiger charge is -2.17. The first-order chi connectivity index (χ1) is 4.42. The smallest absolute Gasteiger partial charge is 0.216 e. The summed E-state index contributed by atoms with van der Waals surface area (Å²) in [6, 6.07) is 0. The fourth-order valence-electron chi connectivity index (χ4n) is 0.214. The minimum Gasteiger partial charge on any atom is -0.772 e. The zero-order valence-corrected chi connectivity index (χ0v) is 6.43. The maximum absolute atomic E-state index is 9.77. The Morgan fingerprint density at radius 3 is 2.30 bits per heavy atom. The highest BCUT2D eigenvalue weighted by Crippen LogP contribution is 2.33. The largest absolute Gasteiger partial charge is 0.772 e. The molecule has 0 bridgehead atoms. The highest BCUT2D eigenvalue weighted by atomic mass is 32.3. The molecule has 1 unspecified atom stereocenters. The van der Waals surface area contributed by atoms with Crippen LogP contribution in [0.4, 0.5) is 0 Å². The highest BCUT2D eigenvalue weighted by molar-refractivity contribution is 8.15. The van der Waals surface area contributed by atoms with Crippen LogP contribution in [0.2, 0.25) is 0 Å². The second-order valence-electron chi connectivity index (χ2n) is 1.30. The molecule has 8 heteroatoms. The molecule has 0 fully saturated rings. The molecule has 64 valence electrons. The second kappa shape index (κ2) is 4.23. The van der Waals surface area contributed by atoms with E-state index in [0.29, 0.717) is 0 Å². The second-order valence-corrected chi connectivity index (χ2v) is 3.49. The van der Waals surface area contributed by atoms with Gasteiger partial charge in [-0.1, -0.05) is 11.1 Å². The van der Waals surface area contributed by atoms with Gasteiger partial charge in [0.05, 0.1) is 6.61 Å². The molecular formula is C2H7O6S2-. The van der Waals surface area contributed by atoms with Crippen molar-refractivity contribution in [3.8, 4) is 0 Å². The fourth-order valence-corrected chi connectivity index (χ4v) is 0.846. The average molecular weight is 191 g/mol. The van der Waals surface area contributed by atoms with Crippen LogP contribution in [0.1, 0.15) is 0 Å². The van der Waals surface area contributed by atoms with Crippen molar-refractivity contribution in [1.29, 1.82) is 0 Å². The lowest BCUT2D eigenvalue weighted by atomic mass is 10.9. The van der Waals surface area contributed by atoms with E-state index in [1.54, 1.807) is 0 Å². The van der Waals surface area contributed by atoms with Gasteiger partial charge in [0.2, 0.25) is 11.2 Å². The third kappa shape index (κ3) is 8.30. The van der Waals surface area contributed by atoms with E-state index >= 15 is 0 Å². The monoisotopic (exact) mass is 191 g/mol. The van der Waals surface area contributed by atoms with Gasteiger partial charge in [-0.15, -0.1) is 0 Å². The van der Waals surface area contributed by atoms with Gasteiger partial charge in [0, 0.05) is 5.75 Å². The minimum atomic E-state index is -3.99. The Labute approximate surface area is 61.9 Å². The van der Waals surface area contributed by atoms with Gasteiger partial charge in [0.25, 0.3) is 0 Å². The van der Waals surface area contributed by atoms with Gasteiger partial charge >= 0.3 is 0 Å². The Morgan fingerprint density at radius 2 is 2.00 bits per heavy atom. The third-order valence-electron chi connectivity index (χ3n) is 0.491. The first-order valence-electron chi connectivity index (χ1n) is 2.13. The first-order valence-corrected chi connectivity index (χ1v) is 4.80. The van der Waals surface area contributed by atoms with Crippen LogP contribution in [0.5, 0.6) is 0 Å². The van der Waals surface area contributed by atoms with Gasteiger partial charge < -0.3 is 4.55 Å². The Kier molecular flexibility index (Phi) is 4.36. The summed E-state index contributed by atoms with van der Waals surface area (Å²) < 4.78 is 47.7. The molecule has 1 atom stereocenters. The predicted octanol–water partition coefficient (Wildman–Crippen LogP) is 0.0207. The van der Waals surface area contributed by atoms with E-state index < -0.39 is 28.8 Å². The van der Waals surface area contributed by atoms with Crippen LogP contribution in [0.25, 0.3) is 0 Å². The van der Waals surface area contributed by atoms with E-state index in [1.165, 1.54) is 0 Å². The third-order valence-corrected chi connectivity index (χ3v) is 1.47. The van der Waals surface area contributed by atoms with Crippen molar-refractivity contribution in [2.75, 3.05) is 12.4 Å². The van der Waals surface area contributed by atoms with Crippen molar-refractivity contribution in [3.63, 3.8) is 0 Å². The van der Waals surface area contributed by atoms with Crippen molar-refractivity contribution in [2.45, 2.75) is 0 Å². The molecule has 0 heterocycles. The molecule has 0 aliphatic heterocycles. The molecule has 0 radical (unpaired) electrons. The summed E-state index contributed by atoms with van der Waals surface area (Å²) in [5, 5.41) is 0. The Bertz CT molecular complexity index is 117. The van der Waals surface area contributed by atoms with E-state index in [1.807, 2.05) is 0 Å². The Hall–Kier alpha value is 0.300. The standard InChI is InChI=1S/C2H8O6S2/c3-9(4)2-1-8-10(5,6)7/h5-7H,1-2H2,(H,3,4)/p-1. The topological polar surface area (TPSA) is 110 Å². The maximum Gasteiger partial charge on any atom is 0.216 e. The van der Waals surface area contributed by atoms with Crippen LogP contribution in [-0.4, -0.2) is 34.8 Å². The molecule has 0 aromatic heterocycles. The van der Waals surface area contributed by atoms with Gasteiger partial charge in [-0.3, -0.25) is 22.1 Å². The van der Waals surface area contributed by atoms with Gasteiger partial charge in [0.1, 0.15) is 0 Å². The molecule has 0 saturated heterocycles. The molecule has 0 aliphatic carbocycles. The lowest BCUT2D eigenvalue weighted by Crippen LogP contribution is -2.08. The molecule has 3 N–H and O–H groups in total. The zero-order valence-electron chi connectivity index (χ0n) is 4.80. The van der Waals surface area contributed by atoms with Crippen LogP contribution in [0, 0.1) is 0 Å². The average Bonchev–Trinajstić information content (AvgIpc) is 1.59. The van der Waals surface area contributed by atoms with Gasteiger partial charge in [0.15, 0.2) is 0 Å². The van der Waals surface area contributed by atoms with E-state index in [4.69, 9.17) is 13.7 Å². The molecule has 0 aromatic rings. The summed E-state index contributed by atoms with van der Waals surface area (Å²) >= 11 is -6.29. The van der Waals surface area contributed by atoms with Crippen LogP contribution < -0.4 is 0 Å². The first kappa shape index (κ1) is 10.3. The maximum atomic E-state index is 9.77. The molecule has 0 aromatic carbocycles. The van der Waals surface area contributed by atoms with Crippen molar-refractivity contribution >= 4 is 22.2 Å². The minimum absolute atomic E-state index is 0.379. The molecule has 0 aliphatic rings. The molecule has 0 rings (SSSR count). The summed E-state index contributed by atoms with van der Waals surface area (Å²) in [6.45, 7) is -0.436. The van der Waals surface area contributed by atoms with Crippen LogP contribution >= 0.6 is 11.2 Å². The van der Waals surface area contributed by atoms with Crippen molar-refractivity contribution in [1.82, 2.24) is 0 Å². The summed E-state index contributed by atoms with van der Waals surface area (Å²) in [7, 11) is 0. The van der Waals surface area contributed by atoms with E-state index in [0.717, 1.165) is 0 Å². The van der Waals surface area contributed by atoms with Gasteiger partial charge in [-0.05, 0) is 0 Å². The van der Waals surface area contributed by atoms with Gasteiger partial charge in [-0.2, -0.15) is 0 Å². The van der Waals surface area contributed by atoms with E-state index in [9.17, 15) is 8.76 Å². The molecular weight excluding hydrogens is 184 g/mol. The van der Waals surface area contributed by atoms with E-state index in [-0.39, 0.29) is 5.75 Å². The predicted molar refractivity (Wildman–Crippen MR) is 35.2 cm³/mol. The number of hydrogen-bond donors (Lipinski definition) is 3. The Balaban J connectivity index is 3.29. The van der Waals surface area contributed by atoms with Crippen molar-refractivity contribution in [2.24, 2.45) is 0 Å². The SMILES string of the molecule is O=S([O-])CCOS(O)(O)O. The van der Waals surface area contributed by atoms with Crippen LogP contribution in [0.15, 0.2) is 0 Å².